The molecule has 1 saturated carbocycles. The predicted molar refractivity (Wildman–Crippen MR) is 138 cm³/mol. The minimum Gasteiger partial charge on any atom is -0.490 e. The fourth-order valence-corrected chi connectivity index (χ4v) is 5.77. The van der Waals surface area contributed by atoms with Crippen LogP contribution in [-0.2, 0) is 16.6 Å². The van der Waals surface area contributed by atoms with E-state index < -0.39 is 17.5 Å². The van der Waals surface area contributed by atoms with Crippen molar-refractivity contribution in [1.29, 1.82) is 0 Å². The van der Waals surface area contributed by atoms with Crippen molar-refractivity contribution in [3.63, 3.8) is 0 Å². The third-order valence-corrected chi connectivity index (χ3v) is 7.56. The van der Waals surface area contributed by atoms with E-state index >= 15 is 0 Å². The molecule has 1 atom stereocenters. The second kappa shape index (κ2) is 9.26. The molecule has 1 aromatic heterocycles. The molecule has 2 heterocycles. The van der Waals surface area contributed by atoms with Gasteiger partial charge in [0.25, 0.3) is 0 Å². The van der Waals surface area contributed by atoms with E-state index in [0.29, 0.717) is 24.2 Å². The van der Waals surface area contributed by atoms with Crippen molar-refractivity contribution in [3.05, 3.63) is 59.3 Å². The zero-order valence-corrected chi connectivity index (χ0v) is 20.7. The molecule has 1 spiro atoms. The van der Waals surface area contributed by atoms with E-state index in [2.05, 4.69) is 15.6 Å². The maximum atomic E-state index is 12.8. The molecule has 36 heavy (non-hydrogen) atoms. The van der Waals surface area contributed by atoms with Crippen LogP contribution in [0.2, 0.25) is 0 Å². The first-order valence-electron chi connectivity index (χ1n) is 12.5. The quantitative estimate of drug-likeness (QED) is 0.309. The Morgan fingerprint density at radius 3 is 2.69 bits per heavy atom. The predicted octanol–water partition coefficient (Wildman–Crippen LogP) is 3.98. The average molecular weight is 492 g/mol. The summed E-state index contributed by atoms with van der Waals surface area (Å²) in [5, 5.41) is 27.4. The lowest BCUT2D eigenvalue weighted by Gasteiger charge is -2.28. The lowest BCUT2D eigenvalue weighted by atomic mass is 9.79. The van der Waals surface area contributed by atoms with Crippen LogP contribution in [0.3, 0.4) is 0 Å². The Labute approximate surface area is 210 Å². The first-order chi connectivity index (χ1) is 17.2. The zero-order chi connectivity index (χ0) is 25.5. The fourth-order valence-electron chi connectivity index (χ4n) is 5.77. The smallest absolute Gasteiger partial charge is 0.337 e. The minimum absolute atomic E-state index is 0.0581. The highest BCUT2D eigenvalue weighted by atomic mass is 16.5. The van der Waals surface area contributed by atoms with Gasteiger partial charge in [0.1, 0.15) is 18.5 Å². The van der Waals surface area contributed by atoms with Gasteiger partial charge in [-0.15, -0.1) is 0 Å². The van der Waals surface area contributed by atoms with Crippen molar-refractivity contribution in [2.45, 2.75) is 63.0 Å². The van der Waals surface area contributed by atoms with Gasteiger partial charge in [-0.2, -0.15) is 0 Å². The van der Waals surface area contributed by atoms with Crippen LogP contribution in [0.4, 0.5) is 5.69 Å². The SMILES string of the molecule is CC(C)(Cc1c[nH]c2c(C(=O)O)cccc12)NCC(O)COc1cccc2c1C1(CCCC1)C(=O)N2. The zero-order valence-electron chi connectivity index (χ0n) is 20.7. The molecular formula is C28H33N3O5. The molecule has 5 N–H and O–H groups in total. The molecule has 1 unspecified atom stereocenters. The van der Waals surface area contributed by atoms with Crippen molar-refractivity contribution in [2.75, 3.05) is 18.5 Å². The molecular weight excluding hydrogens is 458 g/mol. The van der Waals surface area contributed by atoms with Crippen molar-refractivity contribution >= 4 is 28.5 Å². The lowest BCUT2D eigenvalue weighted by molar-refractivity contribution is -0.120. The third kappa shape index (κ3) is 4.35. The van der Waals surface area contributed by atoms with Crippen molar-refractivity contribution in [3.8, 4) is 5.75 Å². The maximum absolute atomic E-state index is 12.8. The van der Waals surface area contributed by atoms with Crippen molar-refractivity contribution in [1.82, 2.24) is 10.3 Å². The van der Waals surface area contributed by atoms with Crippen LogP contribution in [0.15, 0.2) is 42.6 Å². The molecule has 1 amide bonds. The number of hydrogen-bond acceptors (Lipinski definition) is 5. The number of fused-ring (bicyclic) bond motifs is 3. The molecule has 5 rings (SSSR count). The molecule has 1 fully saturated rings. The summed E-state index contributed by atoms with van der Waals surface area (Å²) in [6.07, 6.45) is 5.45. The summed E-state index contributed by atoms with van der Waals surface area (Å²) in [6, 6.07) is 10.9. The highest BCUT2D eigenvalue weighted by molar-refractivity contribution is 6.07. The fraction of sp³-hybridized carbons (Fsp3) is 0.429. The summed E-state index contributed by atoms with van der Waals surface area (Å²) in [5.74, 6) is -0.237. The molecule has 1 aliphatic heterocycles. The van der Waals surface area contributed by atoms with E-state index in [1.165, 1.54) is 0 Å². The molecule has 190 valence electrons. The number of β-amino-alcohol motifs (C(OH)–C–C–N with tert-alkyl or cyclic N) is 1. The number of benzene rings is 2. The topological polar surface area (TPSA) is 124 Å². The van der Waals surface area contributed by atoms with E-state index in [0.717, 1.165) is 47.9 Å². The van der Waals surface area contributed by atoms with Gasteiger partial charge in [-0.25, -0.2) is 4.79 Å². The number of carboxylic acid groups (broad SMARTS) is 1. The summed E-state index contributed by atoms with van der Waals surface area (Å²) in [5.41, 5.74) is 2.78. The maximum Gasteiger partial charge on any atom is 0.337 e. The number of carbonyl (C=O) groups excluding carboxylic acids is 1. The van der Waals surface area contributed by atoms with Crippen LogP contribution in [0.25, 0.3) is 10.9 Å². The Morgan fingerprint density at radius 1 is 1.19 bits per heavy atom. The van der Waals surface area contributed by atoms with E-state index in [-0.39, 0.29) is 23.6 Å². The molecule has 2 aliphatic rings. The molecule has 0 bridgehead atoms. The Bertz CT molecular complexity index is 1310. The van der Waals surface area contributed by atoms with Gasteiger partial charge in [-0.1, -0.05) is 31.0 Å². The molecule has 3 aromatic rings. The lowest BCUT2D eigenvalue weighted by Crippen LogP contribution is -2.46. The van der Waals surface area contributed by atoms with E-state index in [1.807, 2.05) is 44.3 Å². The summed E-state index contributed by atoms with van der Waals surface area (Å²) in [6.45, 7) is 4.53. The number of rotatable bonds is 9. The number of H-pyrrole nitrogens is 1. The molecule has 8 nitrogen and oxygen atoms in total. The number of aromatic amines is 1. The number of aromatic carboxylic acids is 1. The van der Waals surface area contributed by atoms with Gasteiger partial charge in [0, 0.05) is 34.9 Å². The highest BCUT2D eigenvalue weighted by Gasteiger charge is 2.50. The molecule has 0 radical (unpaired) electrons. The van der Waals surface area contributed by atoms with Crippen molar-refractivity contribution in [2.24, 2.45) is 0 Å². The number of amides is 1. The standard InChI is InChI=1S/C28H33N3O5/c1-27(2,13-17-14-29-24-19(17)7-5-8-20(24)25(33)34)30-15-18(32)16-36-22-10-6-9-21-23(22)28(26(35)31-21)11-3-4-12-28/h5-10,14,18,29-30,32H,3-4,11-13,15-16H2,1-2H3,(H,31,35)(H,33,34). The van der Waals surface area contributed by atoms with Gasteiger partial charge < -0.3 is 30.6 Å². The number of carbonyl (C=O) groups is 2. The third-order valence-electron chi connectivity index (χ3n) is 7.56. The number of aliphatic hydroxyl groups is 1. The summed E-state index contributed by atoms with van der Waals surface area (Å²) in [4.78, 5) is 27.4. The van der Waals surface area contributed by atoms with Crippen LogP contribution in [-0.4, -0.2) is 51.9 Å². The van der Waals surface area contributed by atoms with Crippen LogP contribution < -0.4 is 15.4 Å². The largest absolute Gasteiger partial charge is 0.490 e. The highest BCUT2D eigenvalue weighted by Crippen LogP contribution is 2.52. The van der Waals surface area contributed by atoms with Gasteiger partial charge in [-0.3, -0.25) is 4.79 Å². The summed E-state index contributed by atoms with van der Waals surface area (Å²) >= 11 is 0. The Kier molecular flexibility index (Phi) is 6.26. The summed E-state index contributed by atoms with van der Waals surface area (Å²) in [7, 11) is 0. The molecule has 8 heteroatoms. The number of hydrogen-bond donors (Lipinski definition) is 5. The van der Waals surface area contributed by atoms with Gasteiger partial charge in [0.15, 0.2) is 0 Å². The second-order valence-corrected chi connectivity index (χ2v) is 10.7. The van der Waals surface area contributed by atoms with Gasteiger partial charge in [-0.05, 0) is 56.9 Å². The Balaban J connectivity index is 1.21. The number of carboxylic acids is 1. The van der Waals surface area contributed by atoms with Gasteiger partial charge >= 0.3 is 5.97 Å². The summed E-state index contributed by atoms with van der Waals surface area (Å²) < 4.78 is 6.07. The van der Waals surface area contributed by atoms with Crippen LogP contribution in [0, 0.1) is 0 Å². The minimum atomic E-state index is -0.961. The van der Waals surface area contributed by atoms with Crippen LogP contribution in [0.5, 0.6) is 5.75 Å². The Morgan fingerprint density at radius 2 is 1.94 bits per heavy atom. The first-order valence-corrected chi connectivity index (χ1v) is 12.5. The van der Waals surface area contributed by atoms with Crippen molar-refractivity contribution < 1.29 is 24.5 Å². The number of aliphatic hydroxyl groups excluding tert-OH is 1. The number of ether oxygens (including phenoxy) is 1. The normalized spacial score (nSPS) is 17.4. The molecule has 0 saturated heterocycles. The number of anilines is 1. The number of nitrogens with one attached hydrogen (secondary N) is 3. The van der Waals surface area contributed by atoms with E-state index in [4.69, 9.17) is 4.74 Å². The second-order valence-electron chi connectivity index (χ2n) is 10.7. The number of para-hydroxylation sites is 1. The monoisotopic (exact) mass is 491 g/mol. The van der Waals surface area contributed by atoms with Gasteiger partial charge in [0.05, 0.1) is 16.5 Å². The average Bonchev–Trinajstić information content (AvgIpc) is 3.56. The molecule has 1 aliphatic carbocycles. The Hall–Kier alpha value is -3.36. The number of aromatic nitrogens is 1. The van der Waals surface area contributed by atoms with Gasteiger partial charge in [0.2, 0.25) is 5.91 Å². The van der Waals surface area contributed by atoms with E-state index in [1.54, 1.807) is 12.1 Å². The molecule has 2 aromatic carbocycles. The van der Waals surface area contributed by atoms with Crippen LogP contribution in [0.1, 0.15) is 61.0 Å². The first kappa shape index (κ1) is 24.3. The van der Waals surface area contributed by atoms with E-state index in [9.17, 15) is 19.8 Å². The van der Waals surface area contributed by atoms with Crippen LogP contribution >= 0.6 is 0 Å².